The maximum Gasteiger partial charge on any atom is 0.329 e. The van der Waals surface area contributed by atoms with Gasteiger partial charge in [0.05, 0.1) is 5.69 Å². The van der Waals surface area contributed by atoms with Crippen molar-refractivity contribution in [3.8, 4) is 11.3 Å². The van der Waals surface area contributed by atoms with Gasteiger partial charge in [-0.2, -0.15) is 14.6 Å². The Morgan fingerprint density at radius 2 is 1.89 bits per heavy atom. The molecule has 2 aromatic heterocycles. The first-order valence-electron chi connectivity index (χ1n) is 9.00. The minimum atomic E-state index is -0.554. The first-order valence-corrected chi connectivity index (χ1v) is 9.00. The largest absolute Gasteiger partial charge is 0.458 e. The molecule has 0 amide bonds. The van der Waals surface area contributed by atoms with Gasteiger partial charge in [0.1, 0.15) is 23.8 Å². The molecule has 0 aliphatic rings. The van der Waals surface area contributed by atoms with Crippen LogP contribution in [0.2, 0.25) is 0 Å². The van der Waals surface area contributed by atoms with E-state index in [0.717, 1.165) is 11.3 Å². The second-order valence-corrected chi connectivity index (χ2v) is 7.76. The maximum absolute atomic E-state index is 12.7. The Labute approximate surface area is 158 Å². The molecule has 1 atom stereocenters. The molecule has 7 nitrogen and oxygen atoms in total. The molecule has 3 rings (SSSR count). The average Bonchev–Trinajstić information content (AvgIpc) is 3.07. The summed E-state index contributed by atoms with van der Waals surface area (Å²) in [5.74, 6) is 0.821. The molecular weight excluding hydrogens is 342 g/mol. The molecule has 0 aliphatic carbocycles. The van der Waals surface area contributed by atoms with Crippen LogP contribution in [-0.4, -0.2) is 37.2 Å². The number of nitrogens with zero attached hydrogens (tertiary/aromatic N) is 4. The number of carbonyl (C=O) groups is 1. The molecule has 7 heteroatoms. The predicted octanol–water partition coefficient (Wildman–Crippen LogP) is 3.57. The maximum atomic E-state index is 12.7. The topological polar surface area (TPSA) is 81.4 Å². The van der Waals surface area contributed by atoms with E-state index in [9.17, 15) is 4.79 Å². The Balaban J connectivity index is 1.99. The van der Waals surface area contributed by atoms with Gasteiger partial charge in [0.25, 0.3) is 5.78 Å². The lowest BCUT2D eigenvalue weighted by molar-refractivity contribution is -0.156. The van der Waals surface area contributed by atoms with Gasteiger partial charge < -0.3 is 10.1 Å². The number of aromatic nitrogens is 4. The highest BCUT2D eigenvalue weighted by atomic mass is 16.6. The molecule has 0 saturated carbocycles. The van der Waals surface area contributed by atoms with E-state index in [4.69, 9.17) is 4.74 Å². The van der Waals surface area contributed by atoms with Gasteiger partial charge in [0.15, 0.2) is 0 Å². The van der Waals surface area contributed by atoms with Crippen LogP contribution >= 0.6 is 0 Å². The number of hydrogen-bond acceptors (Lipinski definition) is 6. The molecule has 2 heterocycles. The standard InChI is InChI=1S/C20H25N5O2/c1-13(2)17(18(26)27-20(3,4)5)24-16-11-15(14-9-7-6-8-10-14)23-19-21-12-22-25(16)19/h6-13,17,24H,1-5H3/t17-/m1/s1. The van der Waals surface area contributed by atoms with E-state index in [-0.39, 0.29) is 11.9 Å². The summed E-state index contributed by atoms with van der Waals surface area (Å²) in [5, 5.41) is 7.51. The van der Waals surface area contributed by atoms with Crippen LogP contribution in [0.15, 0.2) is 42.7 Å². The fraction of sp³-hybridized carbons (Fsp3) is 0.400. The van der Waals surface area contributed by atoms with E-state index in [0.29, 0.717) is 11.6 Å². The monoisotopic (exact) mass is 367 g/mol. The first kappa shape index (κ1) is 18.8. The molecule has 0 saturated heterocycles. The molecule has 1 aromatic carbocycles. The minimum Gasteiger partial charge on any atom is -0.458 e. The number of esters is 1. The van der Waals surface area contributed by atoms with Crippen LogP contribution in [0.4, 0.5) is 5.82 Å². The van der Waals surface area contributed by atoms with Crippen LogP contribution in [-0.2, 0) is 9.53 Å². The Morgan fingerprint density at radius 3 is 2.52 bits per heavy atom. The smallest absolute Gasteiger partial charge is 0.329 e. The van der Waals surface area contributed by atoms with Crippen LogP contribution < -0.4 is 5.32 Å². The minimum absolute atomic E-state index is 0.0202. The van der Waals surface area contributed by atoms with E-state index >= 15 is 0 Å². The fourth-order valence-corrected chi connectivity index (χ4v) is 2.69. The van der Waals surface area contributed by atoms with Crippen LogP contribution in [0.5, 0.6) is 0 Å². The lowest BCUT2D eigenvalue weighted by Gasteiger charge is -2.27. The zero-order valence-electron chi connectivity index (χ0n) is 16.3. The average molecular weight is 367 g/mol. The number of anilines is 1. The number of nitrogens with one attached hydrogen (secondary N) is 1. The molecule has 142 valence electrons. The van der Waals surface area contributed by atoms with Crippen molar-refractivity contribution in [3.05, 3.63) is 42.7 Å². The van der Waals surface area contributed by atoms with E-state index in [1.807, 2.05) is 71.0 Å². The van der Waals surface area contributed by atoms with Crippen molar-refractivity contribution in [2.75, 3.05) is 5.32 Å². The zero-order valence-corrected chi connectivity index (χ0v) is 16.3. The van der Waals surface area contributed by atoms with Gasteiger partial charge in [-0.3, -0.25) is 0 Å². The van der Waals surface area contributed by atoms with Gasteiger partial charge >= 0.3 is 5.97 Å². The number of fused-ring (bicyclic) bond motifs is 1. The second kappa shape index (κ2) is 7.34. The highest BCUT2D eigenvalue weighted by Crippen LogP contribution is 2.23. The Kier molecular flexibility index (Phi) is 5.12. The highest BCUT2D eigenvalue weighted by molar-refractivity contribution is 5.80. The van der Waals surface area contributed by atoms with Crippen LogP contribution in [0.3, 0.4) is 0 Å². The van der Waals surface area contributed by atoms with Crippen molar-refractivity contribution in [1.29, 1.82) is 0 Å². The van der Waals surface area contributed by atoms with Crippen LogP contribution in [0, 0.1) is 5.92 Å². The van der Waals surface area contributed by atoms with Crippen molar-refractivity contribution < 1.29 is 9.53 Å². The van der Waals surface area contributed by atoms with Gasteiger partial charge in [-0.15, -0.1) is 0 Å². The van der Waals surface area contributed by atoms with Gasteiger partial charge in [-0.05, 0) is 26.7 Å². The molecular formula is C20H25N5O2. The molecule has 1 N–H and O–H groups in total. The van der Waals surface area contributed by atoms with Gasteiger partial charge in [0, 0.05) is 11.6 Å². The molecule has 3 aromatic rings. The van der Waals surface area contributed by atoms with Gasteiger partial charge in [0.2, 0.25) is 0 Å². The lowest BCUT2D eigenvalue weighted by Crippen LogP contribution is -2.40. The van der Waals surface area contributed by atoms with Crippen molar-refractivity contribution in [2.24, 2.45) is 5.92 Å². The third kappa shape index (κ3) is 4.42. The molecule has 0 spiro atoms. The lowest BCUT2D eigenvalue weighted by atomic mass is 10.0. The molecule has 0 fully saturated rings. The van der Waals surface area contributed by atoms with Crippen molar-refractivity contribution in [2.45, 2.75) is 46.3 Å². The van der Waals surface area contributed by atoms with Gasteiger partial charge in [-0.1, -0.05) is 44.2 Å². The molecule has 0 radical (unpaired) electrons. The van der Waals surface area contributed by atoms with Crippen molar-refractivity contribution >= 4 is 17.6 Å². The fourth-order valence-electron chi connectivity index (χ4n) is 2.69. The number of carbonyl (C=O) groups excluding carboxylic acids is 1. The van der Waals surface area contributed by atoms with Crippen molar-refractivity contribution in [3.63, 3.8) is 0 Å². The normalized spacial score (nSPS) is 13.0. The van der Waals surface area contributed by atoms with Gasteiger partial charge in [-0.25, -0.2) is 9.78 Å². The quantitative estimate of drug-likeness (QED) is 0.694. The molecule has 0 unspecified atom stereocenters. The van der Waals surface area contributed by atoms with E-state index in [2.05, 4.69) is 20.4 Å². The Hall–Kier alpha value is -2.96. The predicted molar refractivity (Wildman–Crippen MR) is 104 cm³/mol. The summed E-state index contributed by atoms with van der Waals surface area (Å²) in [7, 11) is 0. The van der Waals surface area contributed by atoms with Crippen LogP contribution in [0.1, 0.15) is 34.6 Å². The Morgan fingerprint density at radius 1 is 1.19 bits per heavy atom. The van der Waals surface area contributed by atoms with Crippen LogP contribution in [0.25, 0.3) is 17.0 Å². The molecule has 0 aliphatic heterocycles. The zero-order chi connectivity index (χ0) is 19.6. The first-order chi connectivity index (χ1) is 12.7. The molecule has 0 bridgehead atoms. The summed E-state index contributed by atoms with van der Waals surface area (Å²) in [6, 6.07) is 11.2. The summed E-state index contributed by atoms with van der Waals surface area (Å²) in [5.41, 5.74) is 1.16. The summed E-state index contributed by atoms with van der Waals surface area (Å²) in [6.45, 7) is 9.52. The SMILES string of the molecule is CC(C)[C@@H](Nc1cc(-c2ccccc2)nc2ncnn12)C(=O)OC(C)(C)C. The van der Waals surface area contributed by atoms with Crippen molar-refractivity contribution in [1.82, 2.24) is 19.6 Å². The van der Waals surface area contributed by atoms with E-state index < -0.39 is 11.6 Å². The highest BCUT2D eigenvalue weighted by Gasteiger charge is 2.28. The van der Waals surface area contributed by atoms with E-state index in [1.54, 1.807) is 4.52 Å². The summed E-state index contributed by atoms with van der Waals surface area (Å²) in [4.78, 5) is 21.5. The number of hydrogen-bond donors (Lipinski definition) is 1. The number of rotatable bonds is 5. The third-order valence-electron chi connectivity index (χ3n) is 3.95. The summed E-state index contributed by atoms with van der Waals surface area (Å²) >= 11 is 0. The Bertz CT molecular complexity index is 928. The summed E-state index contributed by atoms with van der Waals surface area (Å²) in [6.07, 6.45) is 1.44. The number of ether oxygens (including phenoxy) is 1. The second-order valence-electron chi connectivity index (χ2n) is 7.76. The third-order valence-corrected chi connectivity index (χ3v) is 3.95. The summed E-state index contributed by atoms with van der Waals surface area (Å²) < 4.78 is 7.17. The number of benzene rings is 1. The van der Waals surface area contributed by atoms with E-state index in [1.165, 1.54) is 6.33 Å². The molecule has 27 heavy (non-hydrogen) atoms.